The van der Waals surface area contributed by atoms with Gasteiger partial charge in [0.05, 0.1) is 18.5 Å². The van der Waals surface area contributed by atoms with Gasteiger partial charge in [-0.05, 0) is 72.4 Å². The van der Waals surface area contributed by atoms with Crippen LogP contribution in [0.4, 0.5) is 16.2 Å². The predicted octanol–water partition coefficient (Wildman–Crippen LogP) is 7.55. The number of thioether (sulfide) groups is 1. The van der Waals surface area contributed by atoms with E-state index in [0.29, 0.717) is 22.5 Å². The highest BCUT2D eigenvalue weighted by atomic mass is 32.2. The third-order valence-electron chi connectivity index (χ3n) is 7.56. The van der Waals surface area contributed by atoms with E-state index in [1.807, 2.05) is 60.7 Å². The number of anilines is 1. The van der Waals surface area contributed by atoms with Crippen LogP contribution in [0.25, 0.3) is 0 Å². The molecule has 3 amide bonds. The minimum absolute atomic E-state index is 0.102. The third-order valence-corrected chi connectivity index (χ3v) is 8.79. The van der Waals surface area contributed by atoms with E-state index < -0.39 is 23.3 Å². The van der Waals surface area contributed by atoms with Gasteiger partial charge in [0.15, 0.2) is 5.17 Å². The summed E-state index contributed by atoms with van der Waals surface area (Å²) in [6.07, 6.45) is 1.96. The number of nitrogens with zero attached hydrogens (tertiary/aromatic N) is 2. The molecule has 45 heavy (non-hydrogen) atoms. The lowest BCUT2D eigenvalue weighted by Gasteiger charge is -2.16. The molecule has 0 bridgehead atoms. The van der Waals surface area contributed by atoms with E-state index in [1.165, 1.54) is 17.3 Å². The standard InChI is InChI=1S/C35H36N4O5S/c1-4-23(2)26-12-16-29(17-13-26)38-34-39(21-30-11-8-20-43-30)33(41)31(45-34)27-14-18-28(19-15-27)37-32(40)24(3)36-35(42)44-22-25-9-6-5-7-10-25/h5-20,23-24,31H,4,21-22H2,1-3H3,(H,36,42)(H,37,40)/t23?,24-,31?/m0/s1. The Morgan fingerprint density at radius 3 is 2.38 bits per heavy atom. The van der Waals surface area contributed by atoms with Crippen molar-refractivity contribution >= 4 is 46.2 Å². The van der Waals surface area contributed by atoms with Crippen molar-refractivity contribution in [2.24, 2.45) is 4.99 Å². The van der Waals surface area contributed by atoms with Crippen LogP contribution in [-0.2, 0) is 27.5 Å². The number of nitrogens with one attached hydrogen (secondary N) is 2. The maximum Gasteiger partial charge on any atom is 0.408 e. The number of alkyl carbamates (subject to hydrolysis) is 1. The summed E-state index contributed by atoms with van der Waals surface area (Å²) in [5, 5.41) is 5.42. The molecule has 2 heterocycles. The molecule has 0 radical (unpaired) electrons. The zero-order valence-electron chi connectivity index (χ0n) is 25.4. The van der Waals surface area contributed by atoms with E-state index in [2.05, 4.69) is 36.6 Å². The molecule has 1 saturated heterocycles. The zero-order valence-corrected chi connectivity index (χ0v) is 26.3. The topological polar surface area (TPSA) is 113 Å². The van der Waals surface area contributed by atoms with Crippen molar-refractivity contribution in [1.82, 2.24) is 10.2 Å². The molecule has 1 aromatic heterocycles. The third kappa shape index (κ3) is 8.21. The van der Waals surface area contributed by atoms with Gasteiger partial charge < -0.3 is 19.8 Å². The molecule has 9 nitrogen and oxygen atoms in total. The number of furan rings is 1. The van der Waals surface area contributed by atoms with Gasteiger partial charge in [0.25, 0.3) is 0 Å². The lowest BCUT2D eigenvalue weighted by Crippen LogP contribution is -2.41. The number of hydrogen-bond donors (Lipinski definition) is 2. The summed E-state index contributed by atoms with van der Waals surface area (Å²) in [6, 6.07) is 27.3. The number of carbonyl (C=O) groups excluding carboxylic acids is 3. The number of carbonyl (C=O) groups is 3. The molecule has 0 aliphatic carbocycles. The smallest absolute Gasteiger partial charge is 0.408 e. The molecule has 1 fully saturated rings. The van der Waals surface area contributed by atoms with Crippen LogP contribution in [-0.4, -0.2) is 34.0 Å². The van der Waals surface area contributed by atoms with Crippen molar-refractivity contribution in [2.75, 3.05) is 5.32 Å². The predicted molar refractivity (Wildman–Crippen MR) is 176 cm³/mol. The van der Waals surface area contributed by atoms with Gasteiger partial charge in [-0.25, -0.2) is 9.79 Å². The summed E-state index contributed by atoms with van der Waals surface area (Å²) < 4.78 is 10.7. The molecular weight excluding hydrogens is 588 g/mol. The van der Waals surface area contributed by atoms with Crippen molar-refractivity contribution in [3.05, 3.63) is 120 Å². The van der Waals surface area contributed by atoms with Crippen molar-refractivity contribution in [3.8, 4) is 0 Å². The second-order valence-corrected chi connectivity index (χ2v) is 11.9. The lowest BCUT2D eigenvalue weighted by atomic mass is 9.99. The first-order valence-electron chi connectivity index (χ1n) is 14.9. The summed E-state index contributed by atoms with van der Waals surface area (Å²) in [5.74, 6) is 0.621. The summed E-state index contributed by atoms with van der Waals surface area (Å²) in [5.41, 5.74) is 4.19. The van der Waals surface area contributed by atoms with Crippen molar-refractivity contribution in [2.45, 2.75) is 57.6 Å². The molecule has 1 aliphatic heterocycles. The van der Waals surface area contributed by atoms with Crippen LogP contribution in [0.1, 0.15) is 60.8 Å². The Bertz CT molecular complexity index is 1620. The molecule has 5 rings (SSSR count). The molecule has 232 valence electrons. The van der Waals surface area contributed by atoms with E-state index in [-0.39, 0.29) is 19.1 Å². The van der Waals surface area contributed by atoms with Gasteiger partial charge in [0, 0.05) is 5.69 Å². The minimum Gasteiger partial charge on any atom is -0.467 e. The molecule has 4 aromatic rings. The van der Waals surface area contributed by atoms with E-state index in [1.54, 1.807) is 36.3 Å². The van der Waals surface area contributed by atoms with Gasteiger partial charge in [-0.2, -0.15) is 0 Å². The van der Waals surface area contributed by atoms with Gasteiger partial charge in [-0.1, -0.05) is 80.2 Å². The average Bonchev–Trinajstić information content (AvgIpc) is 3.69. The summed E-state index contributed by atoms with van der Waals surface area (Å²) in [4.78, 5) is 45.1. The fourth-order valence-corrected chi connectivity index (χ4v) is 5.85. The average molecular weight is 625 g/mol. The second-order valence-electron chi connectivity index (χ2n) is 10.8. The van der Waals surface area contributed by atoms with Gasteiger partial charge in [-0.15, -0.1) is 0 Å². The first kappa shape index (κ1) is 31.6. The highest BCUT2D eigenvalue weighted by Crippen LogP contribution is 2.41. The number of hydrogen-bond acceptors (Lipinski definition) is 7. The second kappa shape index (κ2) is 14.8. The normalized spacial score (nSPS) is 16.8. The van der Waals surface area contributed by atoms with E-state index >= 15 is 0 Å². The maximum atomic E-state index is 13.7. The minimum atomic E-state index is -0.826. The van der Waals surface area contributed by atoms with Crippen molar-refractivity contribution in [3.63, 3.8) is 0 Å². The molecule has 1 aliphatic rings. The lowest BCUT2D eigenvalue weighted by molar-refractivity contribution is -0.126. The van der Waals surface area contributed by atoms with Crippen LogP contribution in [0.15, 0.2) is 107 Å². The first-order chi connectivity index (χ1) is 21.8. The quantitative estimate of drug-likeness (QED) is 0.178. The molecule has 2 N–H and O–H groups in total. The Balaban J connectivity index is 1.23. The van der Waals surface area contributed by atoms with E-state index in [4.69, 9.17) is 14.1 Å². The fraction of sp³-hybridized carbons (Fsp3) is 0.257. The largest absolute Gasteiger partial charge is 0.467 e. The Kier molecular flexibility index (Phi) is 10.4. The van der Waals surface area contributed by atoms with Crippen molar-refractivity contribution < 1.29 is 23.5 Å². The van der Waals surface area contributed by atoms with Gasteiger partial charge in [0.1, 0.15) is 23.7 Å². The van der Waals surface area contributed by atoms with Crippen LogP contribution in [0.5, 0.6) is 0 Å². The number of amidine groups is 1. The highest BCUT2D eigenvalue weighted by molar-refractivity contribution is 8.15. The fourth-order valence-electron chi connectivity index (χ4n) is 4.68. The van der Waals surface area contributed by atoms with E-state index in [9.17, 15) is 14.4 Å². The molecule has 2 unspecified atom stereocenters. The number of rotatable bonds is 11. The van der Waals surface area contributed by atoms with Crippen LogP contribution in [0, 0.1) is 0 Å². The summed E-state index contributed by atoms with van der Waals surface area (Å²) in [6.45, 7) is 6.31. The SMILES string of the molecule is CCC(C)c1ccc(N=C2SC(c3ccc(NC(=O)[C@H](C)NC(=O)OCc4ccccc4)cc3)C(=O)N2Cc2ccco2)cc1. The van der Waals surface area contributed by atoms with Crippen LogP contribution >= 0.6 is 11.8 Å². The molecule has 3 atom stereocenters. The number of ether oxygens (including phenoxy) is 1. The van der Waals surface area contributed by atoms with Crippen molar-refractivity contribution in [1.29, 1.82) is 0 Å². The Labute approximate surface area is 267 Å². The Morgan fingerprint density at radius 2 is 1.71 bits per heavy atom. The van der Waals surface area contributed by atoms with Gasteiger partial charge in [-0.3, -0.25) is 14.5 Å². The monoisotopic (exact) mass is 624 g/mol. The number of benzene rings is 3. The highest BCUT2D eigenvalue weighted by Gasteiger charge is 2.39. The Morgan fingerprint density at radius 1 is 0.978 bits per heavy atom. The zero-order chi connectivity index (χ0) is 31.8. The van der Waals surface area contributed by atoms with Gasteiger partial charge >= 0.3 is 6.09 Å². The molecular formula is C35H36N4O5S. The summed E-state index contributed by atoms with van der Waals surface area (Å²) >= 11 is 1.38. The molecule has 0 saturated carbocycles. The molecule has 3 aromatic carbocycles. The number of aliphatic imine (C=N–C) groups is 1. The summed E-state index contributed by atoms with van der Waals surface area (Å²) in [7, 11) is 0. The van der Waals surface area contributed by atoms with Crippen LogP contribution in [0.3, 0.4) is 0 Å². The van der Waals surface area contributed by atoms with Crippen LogP contribution in [0.2, 0.25) is 0 Å². The Hall–Kier alpha value is -4.83. The molecule has 10 heteroatoms. The van der Waals surface area contributed by atoms with Crippen LogP contribution < -0.4 is 10.6 Å². The molecule has 0 spiro atoms. The maximum absolute atomic E-state index is 13.7. The van der Waals surface area contributed by atoms with Gasteiger partial charge in [0.2, 0.25) is 11.8 Å². The number of amides is 3. The first-order valence-corrected chi connectivity index (χ1v) is 15.8. The van der Waals surface area contributed by atoms with E-state index in [0.717, 1.165) is 23.2 Å².